The molecule has 0 aromatic carbocycles. The molecule has 46 valence electrons. The van der Waals surface area contributed by atoms with Crippen LogP contribution in [-0.2, 0) is 0 Å². The van der Waals surface area contributed by atoms with E-state index in [4.69, 9.17) is 1.41 Å². The zero-order valence-electron chi connectivity index (χ0n) is 6.10. The maximum Gasteiger partial charge on any atom is 0.183 e. The highest BCUT2D eigenvalue weighted by molar-refractivity contribution is 5.02. The molecule has 0 saturated heterocycles. The SMILES string of the molecule is [2H]N1C=C(C(C)C)NN1. The van der Waals surface area contributed by atoms with Crippen LogP contribution in [0.4, 0.5) is 0 Å². The molecule has 0 amide bonds. The van der Waals surface area contributed by atoms with Gasteiger partial charge in [-0.25, -0.2) is 0 Å². The monoisotopic (exact) mass is 114 g/mol. The first-order chi connectivity index (χ1) is 4.20. The van der Waals surface area contributed by atoms with Crippen LogP contribution in [0.5, 0.6) is 0 Å². The average molecular weight is 114 g/mol. The highest BCUT2D eigenvalue weighted by Gasteiger charge is 2.04. The van der Waals surface area contributed by atoms with Crippen LogP contribution in [0.2, 0.25) is 1.41 Å². The third kappa shape index (κ3) is 0.924. The van der Waals surface area contributed by atoms with E-state index in [1.807, 2.05) is 0 Å². The molecule has 0 aromatic heterocycles. The van der Waals surface area contributed by atoms with Gasteiger partial charge in [-0.2, -0.15) is 5.53 Å². The van der Waals surface area contributed by atoms with Crippen molar-refractivity contribution in [1.82, 2.24) is 16.4 Å². The molecule has 0 bridgehead atoms. The van der Waals surface area contributed by atoms with E-state index in [2.05, 4.69) is 24.8 Å². The van der Waals surface area contributed by atoms with Gasteiger partial charge < -0.3 is 10.8 Å². The van der Waals surface area contributed by atoms with Crippen LogP contribution in [0, 0.1) is 5.92 Å². The third-order valence-corrected chi connectivity index (χ3v) is 1.09. The molecule has 0 unspecified atom stereocenters. The van der Waals surface area contributed by atoms with Gasteiger partial charge in [0.15, 0.2) is 1.41 Å². The number of hydrogen-bond donors (Lipinski definition) is 3. The Kier molecular flexibility index (Phi) is 1.08. The summed E-state index contributed by atoms with van der Waals surface area (Å²) in [5, 5.41) is 0. The number of nitrogens with one attached hydrogen (secondary N) is 3. The molecule has 0 aliphatic carbocycles. The second-order valence-electron chi connectivity index (χ2n) is 2.11. The van der Waals surface area contributed by atoms with Gasteiger partial charge in [0.25, 0.3) is 0 Å². The first-order valence-corrected chi connectivity index (χ1v) is 2.71. The largest absolute Gasteiger partial charge is 0.310 e. The first-order valence-electron chi connectivity index (χ1n) is 3.16. The molecule has 0 radical (unpaired) electrons. The lowest BCUT2D eigenvalue weighted by Crippen LogP contribution is -2.32. The molecule has 0 fully saturated rings. The summed E-state index contributed by atoms with van der Waals surface area (Å²) in [5.41, 5.74) is 7.66. The van der Waals surface area contributed by atoms with Crippen molar-refractivity contribution in [2.75, 3.05) is 0 Å². The normalized spacial score (nSPS) is 20.6. The maximum absolute atomic E-state index is 7.04. The Balaban J connectivity index is 2.52. The number of rotatable bonds is 1. The van der Waals surface area contributed by atoms with Crippen molar-refractivity contribution in [3.8, 4) is 0 Å². The zero-order chi connectivity index (χ0) is 6.85. The summed E-state index contributed by atoms with van der Waals surface area (Å²) in [6.07, 6.45) is 1.71. The minimum atomic E-state index is 0.452. The number of allylic oxidation sites excluding steroid dienone is 1. The summed E-state index contributed by atoms with van der Waals surface area (Å²) < 4.78 is 7.04. The molecule has 0 spiro atoms. The Hall–Kier alpha value is -0.700. The quantitative estimate of drug-likeness (QED) is 0.452. The van der Waals surface area contributed by atoms with Gasteiger partial charge in [-0.05, 0) is 5.92 Å². The minimum Gasteiger partial charge on any atom is -0.310 e. The number of hydrogen-bond acceptors (Lipinski definition) is 3. The van der Waals surface area contributed by atoms with E-state index in [1.54, 1.807) is 6.20 Å². The molecule has 3 heteroatoms. The Morgan fingerprint density at radius 3 is 2.75 bits per heavy atom. The van der Waals surface area contributed by atoms with Crippen LogP contribution in [0.3, 0.4) is 0 Å². The molecule has 0 atom stereocenters. The van der Waals surface area contributed by atoms with Crippen LogP contribution >= 0.6 is 0 Å². The molecule has 3 N–H and O–H groups in total. The topological polar surface area (TPSA) is 36.1 Å². The fourth-order valence-corrected chi connectivity index (χ4v) is 0.524. The van der Waals surface area contributed by atoms with E-state index < -0.39 is 0 Å². The van der Waals surface area contributed by atoms with Crippen LogP contribution in [0.1, 0.15) is 13.8 Å². The maximum atomic E-state index is 7.04. The smallest absolute Gasteiger partial charge is 0.183 e. The van der Waals surface area contributed by atoms with E-state index in [1.165, 1.54) is 0 Å². The van der Waals surface area contributed by atoms with Crippen LogP contribution in [0.25, 0.3) is 0 Å². The molecular formula is C5H11N3. The summed E-state index contributed by atoms with van der Waals surface area (Å²) in [6.45, 7) is 4.14. The van der Waals surface area contributed by atoms with Crippen molar-refractivity contribution in [2.24, 2.45) is 5.92 Å². The van der Waals surface area contributed by atoms with Gasteiger partial charge in [-0.15, -0.1) is 0 Å². The fraction of sp³-hybridized carbons (Fsp3) is 0.600. The average Bonchev–Trinajstić information content (AvgIpc) is 2.14. The van der Waals surface area contributed by atoms with Crippen molar-refractivity contribution in [2.45, 2.75) is 13.8 Å². The lowest BCUT2D eigenvalue weighted by atomic mass is 10.2. The lowest BCUT2D eigenvalue weighted by Gasteiger charge is -2.03. The van der Waals surface area contributed by atoms with Gasteiger partial charge in [0.05, 0.1) is 0 Å². The summed E-state index contributed by atoms with van der Waals surface area (Å²) in [7, 11) is 0. The standard InChI is InChI=1S/C5H11N3/c1-4(2)5-3-6-8-7-5/h3-4,6-8H,1-2H3/i/hD. The highest BCUT2D eigenvalue weighted by atomic mass is 15.6. The molecule has 0 saturated carbocycles. The predicted octanol–water partition coefficient (Wildman–Crippen LogP) is 0.0962. The molecule has 3 nitrogen and oxygen atoms in total. The van der Waals surface area contributed by atoms with Gasteiger partial charge in [0.2, 0.25) is 0 Å². The van der Waals surface area contributed by atoms with E-state index in [9.17, 15) is 0 Å². The van der Waals surface area contributed by atoms with Crippen LogP contribution in [-0.4, -0.2) is 0 Å². The van der Waals surface area contributed by atoms with Crippen molar-refractivity contribution in [3.63, 3.8) is 0 Å². The summed E-state index contributed by atoms with van der Waals surface area (Å²) in [6, 6.07) is 0. The fourth-order valence-electron chi connectivity index (χ4n) is 0.524. The van der Waals surface area contributed by atoms with Crippen molar-refractivity contribution in [3.05, 3.63) is 11.9 Å². The Morgan fingerprint density at radius 2 is 2.50 bits per heavy atom. The lowest BCUT2D eigenvalue weighted by molar-refractivity contribution is 0.564. The molecule has 8 heavy (non-hydrogen) atoms. The zero-order valence-corrected chi connectivity index (χ0v) is 5.10. The van der Waals surface area contributed by atoms with E-state index in [-0.39, 0.29) is 0 Å². The van der Waals surface area contributed by atoms with Gasteiger partial charge in [0.1, 0.15) is 0 Å². The molecular weight excluding hydrogens is 102 g/mol. The van der Waals surface area contributed by atoms with Crippen LogP contribution < -0.4 is 16.4 Å². The predicted molar refractivity (Wildman–Crippen MR) is 32.3 cm³/mol. The molecule has 0 aromatic rings. The minimum absolute atomic E-state index is 0.452. The van der Waals surface area contributed by atoms with Crippen LogP contribution in [0.15, 0.2) is 11.9 Å². The van der Waals surface area contributed by atoms with Crippen molar-refractivity contribution >= 4 is 0 Å². The molecule has 1 rings (SSSR count). The van der Waals surface area contributed by atoms with Gasteiger partial charge in [0, 0.05) is 11.9 Å². The summed E-state index contributed by atoms with van der Waals surface area (Å²) in [5.74, 6) is 0.452. The second-order valence-corrected chi connectivity index (χ2v) is 2.11. The van der Waals surface area contributed by atoms with E-state index >= 15 is 0 Å². The van der Waals surface area contributed by atoms with Crippen molar-refractivity contribution in [1.29, 1.82) is 0 Å². The Labute approximate surface area is 50.6 Å². The van der Waals surface area contributed by atoms with Gasteiger partial charge in [-0.1, -0.05) is 13.8 Å². The van der Waals surface area contributed by atoms with Gasteiger partial charge in [-0.3, -0.25) is 0 Å². The third-order valence-electron chi connectivity index (χ3n) is 1.09. The summed E-state index contributed by atoms with van der Waals surface area (Å²) >= 11 is 0. The Morgan fingerprint density at radius 1 is 1.75 bits per heavy atom. The molecule has 1 heterocycles. The first kappa shape index (κ1) is 4.21. The highest BCUT2D eigenvalue weighted by Crippen LogP contribution is 2.03. The van der Waals surface area contributed by atoms with Crippen molar-refractivity contribution < 1.29 is 1.41 Å². The molecule has 1 aliphatic heterocycles. The van der Waals surface area contributed by atoms with E-state index in [0.29, 0.717) is 5.92 Å². The van der Waals surface area contributed by atoms with Gasteiger partial charge >= 0.3 is 0 Å². The van der Waals surface area contributed by atoms with E-state index in [0.717, 1.165) is 11.1 Å². The second kappa shape index (κ2) is 2.05. The summed E-state index contributed by atoms with van der Waals surface area (Å²) in [4.78, 5) is 0. The number of hydrazine groups is 2. The Bertz CT molecular complexity index is 132. The molecule has 1 aliphatic rings.